The average Bonchev–Trinajstić information content (AvgIpc) is 3.90. The van der Waals surface area contributed by atoms with Gasteiger partial charge < -0.3 is 0 Å². The molecule has 0 radical (unpaired) electrons. The van der Waals surface area contributed by atoms with Crippen LogP contribution in [0.2, 0.25) is 5.76 Å². The van der Waals surface area contributed by atoms with Gasteiger partial charge in [-0.15, -0.1) is 0 Å². The van der Waals surface area contributed by atoms with Gasteiger partial charge in [-0.05, 0) is 0 Å². The zero-order valence-corrected chi connectivity index (χ0v) is 38.6. The van der Waals surface area contributed by atoms with Gasteiger partial charge in [0, 0.05) is 0 Å². The topological polar surface area (TPSA) is 55.3 Å². The Balaban J connectivity index is 0.889. The summed E-state index contributed by atoms with van der Waals surface area (Å²) in [4.78, 5) is 15.0. The van der Waals surface area contributed by atoms with Gasteiger partial charge in [0.1, 0.15) is 0 Å². The monoisotopic (exact) mass is 860 g/mol. The summed E-state index contributed by atoms with van der Waals surface area (Å²) in [5.41, 5.74) is 4.08. The molecule has 2 N–H and O–H groups in total. The summed E-state index contributed by atoms with van der Waals surface area (Å²) in [7, 11) is 1.99. The van der Waals surface area contributed by atoms with Crippen LogP contribution >= 0.6 is 20.2 Å². The van der Waals surface area contributed by atoms with Crippen molar-refractivity contribution in [1.82, 2.24) is 20.4 Å². The number of hydrogen-bond acceptors (Lipinski definition) is 8. The first-order valence-electron chi connectivity index (χ1n) is 21.1. The van der Waals surface area contributed by atoms with E-state index in [1.165, 1.54) is 49.9 Å². The fraction of sp³-hybridized carbons (Fsp3) is 0.417. The molecule has 5 aromatic rings. The molecule has 6 nitrogen and oxygen atoms in total. The normalized spacial score (nSPS) is 17.7. The quantitative estimate of drug-likeness (QED) is 0.0639. The van der Waals surface area contributed by atoms with Gasteiger partial charge in [-0.2, -0.15) is 0 Å². The van der Waals surface area contributed by atoms with Crippen LogP contribution in [0.25, 0.3) is 21.5 Å². The number of nitrogens with one attached hydrogen (secondary N) is 2. The van der Waals surface area contributed by atoms with Crippen molar-refractivity contribution in [3.63, 3.8) is 0 Å². The van der Waals surface area contributed by atoms with Crippen LogP contribution in [0.5, 0.6) is 0 Å². The van der Waals surface area contributed by atoms with Crippen molar-refractivity contribution in [2.45, 2.75) is 62.7 Å². The molecule has 0 aromatic heterocycles. The van der Waals surface area contributed by atoms with E-state index in [2.05, 4.69) is 190 Å². The Bertz CT molecular complexity index is 2020. The van der Waals surface area contributed by atoms with Crippen LogP contribution < -0.4 is 15.0 Å². The molecule has 300 valence electrons. The van der Waals surface area contributed by atoms with Crippen molar-refractivity contribution in [3.05, 3.63) is 126 Å². The third kappa shape index (κ3) is 10.3. The molecule has 2 aliphatic rings. The number of aryl methyl sites for hydroxylation is 1. The second-order valence-corrected chi connectivity index (χ2v) is 36.2. The molecule has 4 unspecified atom stereocenters. The van der Waals surface area contributed by atoms with Gasteiger partial charge in [0.15, 0.2) is 0 Å². The minimum absolute atomic E-state index is 0.279. The van der Waals surface area contributed by atoms with E-state index in [1.807, 2.05) is 0 Å². The first-order chi connectivity index (χ1) is 27.7. The third-order valence-corrected chi connectivity index (χ3v) is 32.8. The summed E-state index contributed by atoms with van der Waals surface area (Å²) >= 11 is 0. The zero-order valence-electron chi connectivity index (χ0n) is 34.9. The number of fused-ring (bicyclic) bond motifs is 2. The second kappa shape index (κ2) is 19.7. The van der Waals surface area contributed by atoms with Crippen molar-refractivity contribution in [2.75, 3.05) is 65.4 Å². The Morgan fingerprint density at radius 1 is 0.596 bits per heavy atom. The summed E-state index contributed by atoms with van der Waals surface area (Å²) < 4.78 is 1.58. The molecule has 0 saturated carbocycles. The maximum atomic E-state index is 5.01. The van der Waals surface area contributed by atoms with Crippen LogP contribution in [0, 0.1) is 6.92 Å². The van der Waals surface area contributed by atoms with E-state index in [-0.39, 0.29) is 11.8 Å². The van der Waals surface area contributed by atoms with E-state index < -0.39 is 11.0 Å². The Hall–Kier alpha value is -3.28. The number of hydrogen-bond donors (Lipinski definition) is 2. The summed E-state index contributed by atoms with van der Waals surface area (Å²) in [6.45, 7) is 21.5. The summed E-state index contributed by atoms with van der Waals surface area (Å²) in [5.74, 6) is 5.65. The van der Waals surface area contributed by atoms with Gasteiger partial charge >= 0.3 is 305 Å². The second-order valence-electron chi connectivity index (χ2n) is 16.1. The van der Waals surface area contributed by atoms with Crippen molar-refractivity contribution < 1.29 is 0 Å². The number of rotatable bonds is 19. The van der Waals surface area contributed by atoms with Crippen molar-refractivity contribution in [2.24, 2.45) is 9.98 Å². The Morgan fingerprint density at radius 3 is 1.51 bits per heavy atom. The van der Waals surface area contributed by atoms with E-state index in [9.17, 15) is 0 Å². The fourth-order valence-electron chi connectivity index (χ4n) is 8.72. The van der Waals surface area contributed by atoms with Gasteiger partial charge in [0.05, 0.1) is 0 Å². The van der Waals surface area contributed by atoms with Gasteiger partial charge in [0.2, 0.25) is 0 Å². The van der Waals surface area contributed by atoms with E-state index >= 15 is 0 Å². The molecule has 0 bridgehead atoms. The molecular weight excluding hydrogens is 797 g/mol. The van der Waals surface area contributed by atoms with Crippen molar-refractivity contribution in [1.29, 1.82) is 0 Å². The van der Waals surface area contributed by atoms with Gasteiger partial charge in [-0.3, -0.25) is 0 Å². The standard InChI is InChI=1S/C48H62GeN6S2/c1-35-21-23-42(24-22-35)49(6,56-36(2)33-50-25-29-54-31-27-52-47(54)38(4)43-19-11-15-40-13-7-9-17-45(40)43)57-37(3)34-51-26-30-55-32-28-53-48(55)39(5)44-20-12-16-41-14-8-10-18-46(41)44/h7-24,36-39,50-51H,25-34H2,1-6H3. The third-order valence-electron chi connectivity index (χ3n) is 11.7. The average molecular weight is 860 g/mol. The molecule has 57 heavy (non-hydrogen) atoms. The Kier molecular flexibility index (Phi) is 14.4. The van der Waals surface area contributed by atoms with Crippen LogP contribution in [0.1, 0.15) is 56.2 Å². The predicted octanol–water partition coefficient (Wildman–Crippen LogP) is 9.04. The van der Waals surface area contributed by atoms with Crippen LogP contribution in [-0.4, -0.2) is 108 Å². The maximum absolute atomic E-state index is 5.01. The van der Waals surface area contributed by atoms with E-state index in [0.717, 1.165) is 65.4 Å². The molecule has 0 amide bonds. The molecule has 0 fully saturated rings. The number of aliphatic imine (C=N–C) groups is 2. The molecule has 7 rings (SSSR count). The van der Waals surface area contributed by atoms with Crippen LogP contribution in [-0.2, 0) is 0 Å². The van der Waals surface area contributed by atoms with Crippen molar-refractivity contribution >= 4 is 68.8 Å². The molecule has 0 aliphatic carbocycles. The van der Waals surface area contributed by atoms with E-state index in [4.69, 9.17) is 9.98 Å². The fourth-order valence-corrected chi connectivity index (χ4v) is 32.8. The predicted molar refractivity (Wildman–Crippen MR) is 255 cm³/mol. The molecule has 9 heteroatoms. The summed E-state index contributed by atoms with van der Waals surface area (Å²) in [5, 5.41) is 14.0. The molecule has 5 aromatic carbocycles. The van der Waals surface area contributed by atoms with E-state index in [0.29, 0.717) is 10.5 Å². The molecule has 2 heterocycles. The summed E-state index contributed by atoms with van der Waals surface area (Å²) in [6.07, 6.45) is 0. The first-order valence-corrected chi connectivity index (χ1v) is 31.1. The van der Waals surface area contributed by atoms with Crippen molar-refractivity contribution in [3.8, 4) is 0 Å². The molecular formula is C48H62GeN6S2. The molecule has 0 spiro atoms. The number of amidine groups is 2. The SMILES string of the molecule is Cc1cc[c]([Ge]([CH3])([S]C(C)CNCCN2CCN=C2C(C)c2cccc3ccccc23)[S]C(C)CNCCN2CCN=C2C(C)c2cccc3ccccc23)cc1. The van der Waals surface area contributed by atoms with Crippen LogP contribution in [0.15, 0.2) is 119 Å². The summed E-state index contributed by atoms with van der Waals surface area (Å²) in [6, 6.07) is 40.3. The number of nitrogens with zero attached hydrogens (tertiary/aromatic N) is 4. The molecule has 2 aliphatic heterocycles. The Morgan fingerprint density at radius 2 is 1.04 bits per heavy atom. The van der Waals surface area contributed by atoms with E-state index in [1.54, 1.807) is 4.40 Å². The molecule has 4 atom stereocenters. The van der Waals surface area contributed by atoms with Crippen LogP contribution in [0.3, 0.4) is 0 Å². The Labute approximate surface area is 351 Å². The minimum atomic E-state index is -2.57. The number of benzene rings is 5. The van der Waals surface area contributed by atoms with Gasteiger partial charge in [-0.25, -0.2) is 0 Å². The molecule has 0 saturated heterocycles. The van der Waals surface area contributed by atoms with Gasteiger partial charge in [0.25, 0.3) is 0 Å². The zero-order chi connectivity index (χ0) is 39.8. The van der Waals surface area contributed by atoms with Crippen LogP contribution in [0.4, 0.5) is 0 Å². The van der Waals surface area contributed by atoms with Gasteiger partial charge in [-0.1, -0.05) is 48.5 Å². The first kappa shape index (κ1) is 41.9.